The van der Waals surface area contributed by atoms with E-state index < -0.39 is 17.4 Å². The van der Waals surface area contributed by atoms with E-state index in [2.05, 4.69) is 10.3 Å². The number of carbonyl (C=O) groups excluding carboxylic acids is 1. The first-order chi connectivity index (χ1) is 11.4. The fraction of sp³-hybridized carbons (Fsp3) is 0.714. The van der Waals surface area contributed by atoms with Crippen LogP contribution in [0.5, 0.6) is 0 Å². The van der Waals surface area contributed by atoms with Crippen LogP contribution in [0.15, 0.2) is 5.03 Å². The number of nitrogens with zero attached hydrogens (tertiary/aromatic N) is 4. The maximum Gasteiger partial charge on any atom is 0.313 e. The van der Waals surface area contributed by atoms with Crippen LogP contribution < -0.4 is 5.73 Å². The maximum absolute atomic E-state index is 12.0. The number of carboxylic acids is 1. The van der Waals surface area contributed by atoms with Crippen molar-refractivity contribution in [2.45, 2.75) is 43.3 Å². The van der Waals surface area contributed by atoms with Crippen LogP contribution in [0.2, 0.25) is 0 Å². The van der Waals surface area contributed by atoms with Gasteiger partial charge >= 0.3 is 5.97 Å². The Morgan fingerprint density at radius 3 is 2.92 bits per heavy atom. The van der Waals surface area contributed by atoms with E-state index in [9.17, 15) is 14.7 Å². The minimum Gasteiger partial charge on any atom is -0.481 e. The summed E-state index contributed by atoms with van der Waals surface area (Å²) in [6.07, 6.45) is 0.749. The van der Waals surface area contributed by atoms with E-state index in [1.807, 2.05) is 13.8 Å². The van der Waals surface area contributed by atoms with Crippen LogP contribution in [0.1, 0.15) is 19.5 Å². The summed E-state index contributed by atoms with van der Waals surface area (Å²) in [4.78, 5) is 25.5. The van der Waals surface area contributed by atoms with E-state index in [0.717, 1.165) is 17.1 Å². The number of hydrogen-bond donors (Lipinski definition) is 2. The summed E-state index contributed by atoms with van der Waals surface area (Å²) in [7, 11) is 0. The number of carboxylic acid groups (broad SMARTS) is 1. The Bertz CT molecular complexity index is 645. The number of β-lactam (4-membered cyclic amide) rings is 1. The van der Waals surface area contributed by atoms with Crippen LogP contribution in [-0.2, 0) is 22.6 Å². The van der Waals surface area contributed by atoms with E-state index in [1.54, 1.807) is 9.58 Å². The summed E-state index contributed by atoms with van der Waals surface area (Å²) in [6.45, 7) is 4.88. The van der Waals surface area contributed by atoms with Gasteiger partial charge in [0.05, 0.1) is 5.69 Å². The predicted octanol–water partition coefficient (Wildman–Crippen LogP) is 0.266. The van der Waals surface area contributed by atoms with Crippen molar-refractivity contribution in [2.24, 2.45) is 11.1 Å². The van der Waals surface area contributed by atoms with Gasteiger partial charge in [-0.25, -0.2) is 4.68 Å². The van der Waals surface area contributed by atoms with E-state index in [1.165, 1.54) is 23.5 Å². The van der Waals surface area contributed by atoms with Gasteiger partial charge in [0, 0.05) is 24.6 Å². The Labute approximate surface area is 148 Å². The Balaban J connectivity index is 1.77. The first kappa shape index (κ1) is 17.6. The molecule has 1 aromatic rings. The predicted molar refractivity (Wildman–Crippen MR) is 91.8 cm³/mol. The summed E-state index contributed by atoms with van der Waals surface area (Å²) in [5.74, 6) is -0.200. The number of carbonyl (C=O) groups is 2. The van der Waals surface area contributed by atoms with Crippen molar-refractivity contribution < 1.29 is 14.7 Å². The molecule has 0 radical (unpaired) electrons. The monoisotopic (exact) mass is 371 g/mol. The number of amides is 1. The zero-order chi connectivity index (χ0) is 17.5. The van der Waals surface area contributed by atoms with E-state index >= 15 is 0 Å². The number of thioether (sulfide) groups is 2. The summed E-state index contributed by atoms with van der Waals surface area (Å²) in [5, 5.41) is 18.9. The number of aliphatic carboxylic acids is 1. The number of hydrogen-bond acceptors (Lipinski definition) is 7. The summed E-state index contributed by atoms with van der Waals surface area (Å²) in [5.41, 5.74) is 5.69. The molecule has 24 heavy (non-hydrogen) atoms. The lowest BCUT2D eigenvalue weighted by atomic mass is 9.89. The molecule has 3 N–H and O–H groups in total. The average molecular weight is 371 g/mol. The van der Waals surface area contributed by atoms with Crippen LogP contribution in [-0.4, -0.2) is 66.3 Å². The van der Waals surface area contributed by atoms with Crippen molar-refractivity contribution in [3.8, 4) is 0 Å². The lowest BCUT2D eigenvalue weighted by Gasteiger charge is -2.52. The molecule has 0 bridgehead atoms. The fourth-order valence-electron chi connectivity index (χ4n) is 2.94. The quantitative estimate of drug-likeness (QED) is 0.541. The van der Waals surface area contributed by atoms with Gasteiger partial charge in [0.2, 0.25) is 5.91 Å². The molecule has 1 amide bonds. The van der Waals surface area contributed by atoms with Gasteiger partial charge in [-0.3, -0.25) is 9.59 Å². The molecule has 0 spiro atoms. The lowest BCUT2D eigenvalue weighted by molar-refractivity contribution is -0.155. The van der Waals surface area contributed by atoms with Crippen LogP contribution in [0.3, 0.4) is 0 Å². The van der Waals surface area contributed by atoms with Crippen LogP contribution in [0.25, 0.3) is 0 Å². The molecule has 2 saturated heterocycles. The highest BCUT2D eigenvalue weighted by atomic mass is 32.2. The summed E-state index contributed by atoms with van der Waals surface area (Å²) < 4.78 is 1.79. The first-order valence-electron chi connectivity index (χ1n) is 7.89. The second-order valence-corrected chi connectivity index (χ2v) is 8.15. The number of rotatable bonds is 6. The fourth-order valence-corrected chi connectivity index (χ4v) is 5.95. The molecule has 0 aliphatic carbocycles. The van der Waals surface area contributed by atoms with Crippen LogP contribution >= 0.6 is 23.5 Å². The topological polar surface area (TPSA) is 114 Å². The van der Waals surface area contributed by atoms with E-state index in [-0.39, 0.29) is 17.8 Å². The molecule has 2 aliphatic rings. The normalized spacial score (nSPS) is 29.3. The SMILES string of the molecule is CCc1nnn(CC)c1SCC1(C(=O)O)CS[C@@H]2C(N)C(=O)N2C1. The zero-order valence-corrected chi connectivity index (χ0v) is 15.3. The lowest BCUT2D eigenvalue weighted by Crippen LogP contribution is -2.72. The van der Waals surface area contributed by atoms with Crippen molar-refractivity contribution >= 4 is 35.4 Å². The van der Waals surface area contributed by atoms with Gasteiger partial charge in [-0.1, -0.05) is 12.1 Å². The molecule has 0 saturated carbocycles. The number of nitrogens with two attached hydrogens (primary N) is 1. The van der Waals surface area contributed by atoms with Crippen molar-refractivity contribution in [2.75, 3.05) is 18.1 Å². The smallest absolute Gasteiger partial charge is 0.313 e. The first-order valence-corrected chi connectivity index (χ1v) is 9.93. The highest BCUT2D eigenvalue weighted by molar-refractivity contribution is 8.00. The standard InChI is InChI=1S/C14H21N5O3S2/c1-3-8-11(19(4-2)17-16-8)23-6-14(13(21)22)5-18-10(20)9(15)12(18)24-7-14/h9,12H,3-7,15H2,1-2H3,(H,21,22)/t9?,12-,14?/m1/s1. The van der Waals surface area contributed by atoms with Gasteiger partial charge < -0.3 is 15.7 Å². The van der Waals surface area contributed by atoms with E-state index in [4.69, 9.17) is 5.73 Å². The number of aryl methyl sites for hydroxylation is 2. The second-order valence-electron chi connectivity index (χ2n) is 6.08. The Kier molecular flexibility index (Phi) is 4.80. The summed E-state index contributed by atoms with van der Waals surface area (Å²) in [6, 6.07) is -0.494. The van der Waals surface area contributed by atoms with E-state index in [0.29, 0.717) is 18.1 Å². The van der Waals surface area contributed by atoms with Gasteiger partial charge in [0.1, 0.15) is 21.9 Å². The van der Waals surface area contributed by atoms with Gasteiger partial charge in [-0.15, -0.1) is 28.6 Å². The highest BCUT2D eigenvalue weighted by Gasteiger charge is 2.55. The molecule has 2 aliphatic heterocycles. The molecule has 3 atom stereocenters. The zero-order valence-electron chi connectivity index (χ0n) is 13.6. The van der Waals surface area contributed by atoms with Gasteiger partial charge in [0.15, 0.2) is 0 Å². The molecular weight excluding hydrogens is 350 g/mol. The Hall–Kier alpha value is -1.26. The van der Waals surface area contributed by atoms with Crippen molar-refractivity contribution in [1.82, 2.24) is 19.9 Å². The van der Waals surface area contributed by atoms with Gasteiger partial charge in [-0.05, 0) is 13.3 Å². The third-order valence-corrected chi connectivity index (χ3v) is 7.54. The molecule has 3 heterocycles. The highest BCUT2D eigenvalue weighted by Crippen LogP contribution is 2.44. The van der Waals surface area contributed by atoms with Gasteiger partial charge in [-0.2, -0.15) is 0 Å². The Morgan fingerprint density at radius 1 is 1.54 bits per heavy atom. The number of fused-ring (bicyclic) bond motifs is 1. The molecule has 10 heteroatoms. The van der Waals surface area contributed by atoms with Gasteiger partial charge in [0.25, 0.3) is 0 Å². The molecule has 0 aromatic carbocycles. The minimum atomic E-state index is -0.977. The molecule has 2 fully saturated rings. The van der Waals surface area contributed by atoms with Crippen molar-refractivity contribution in [3.63, 3.8) is 0 Å². The molecule has 3 rings (SSSR count). The summed E-state index contributed by atoms with van der Waals surface area (Å²) >= 11 is 2.93. The minimum absolute atomic E-state index is 0.0796. The van der Waals surface area contributed by atoms with Crippen LogP contribution in [0, 0.1) is 5.41 Å². The average Bonchev–Trinajstić information content (AvgIpc) is 3.00. The number of aromatic nitrogens is 3. The third-order valence-electron chi connectivity index (χ3n) is 4.51. The molecular formula is C14H21N5O3S2. The largest absolute Gasteiger partial charge is 0.481 e. The van der Waals surface area contributed by atoms with Crippen molar-refractivity contribution in [3.05, 3.63) is 5.69 Å². The second kappa shape index (κ2) is 6.57. The third kappa shape index (κ3) is 2.70. The molecule has 132 valence electrons. The maximum atomic E-state index is 12.0. The molecule has 2 unspecified atom stereocenters. The van der Waals surface area contributed by atoms with Crippen molar-refractivity contribution in [1.29, 1.82) is 0 Å². The molecule has 1 aromatic heterocycles. The Morgan fingerprint density at radius 2 is 2.29 bits per heavy atom. The van der Waals surface area contributed by atoms with Crippen LogP contribution in [0.4, 0.5) is 0 Å². The molecule has 8 nitrogen and oxygen atoms in total.